The largest absolute Gasteiger partial charge is 0.352 e. The number of hydrogen-bond donors (Lipinski definition) is 1. The summed E-state index contributed by atoms with van der Waals surface area (Å²) in [4.78, 5) is 13.8. The summed E-state index contributed by atoms with van der Waals surface area (Å²) >= 11 is 0. The predicted octanol–water partition coefficient (Wildman–Crippen LogP) is 2.72. The monoisotopic (exact) mass is 344 g/mol. The van der Waals surface area contributed by atoms with Crippen LogP contribution < -0.4 is 5.32 Å². The summed E-state index contributed by atoms with van der Waals surface area (Å²) in [6, 6.07) is 7.23. The molecule has 1 aliphatic rings. The van der Waals surface area contributed by atoms with Gasteiger partial charge in [-0.1, -0.05) is 12.1 Å². The lowest BCUT2D eigenvalue weighted by molar-refractivity contribution is -0.119. The summed E-state index contributed by atoms with van der Waals surface area (Å²) in [5.41, 5.74) is 2.20. The molecule has 5 nitrogen and oxygen atoms in total. The van der Waals surface area contributed by atoms with E-state index in [1.807, 2.05) is 19.3 Å². The van der Waals surface area contributed by atoms with Gasteiger partial charge in [0.2, 0.25) is 5.91 Å². The standard InChI is InChI=1S/C19H25FN4O/c1-13(2)24(12-15-8-9-18(25)21-15)11-14-10-23(3)22-19(14)16-6-4-5-7-17(16)20/h4-7,10,13,15H,8-9,11-12H2,1-3H3,(H,21,25). The number of hydrogen-bond acceptors (Lipinski definition) is 3. The van der Waals surface area contributed by atoms with E-state index < -0.39 is 0 Å². The molecule has 1 aliphatic heterocycles. The summed E-state index contributed by atoms with van der Waals surface area (Å²) in [7, 11) is 1.85. The minimum absolute atomic E-state index is 0.127. The minimum atomic E-state index is -0.262. The molecule has 0 aliphatic carbocycles. The number of nitrogens with one attached hydrogen (secondary N) is 1. The van der Waals surface area contributed by atoms with E-state index in [0.29, 0.717) is 30.3 Å². The molecule has 0 radical (unpaired) electrons. The Morgan fingerprint density at radius 2 is 2.16 bits per heavy atom. The summed E-state index contributed by atoms with van der Waals surface area (Å²) in [6.45, 7) is 5.72. The molecule has 0 spiro atoms. The fraction of sp³-hybridized carbons (Fsp3) is 0.474. The zero-order chi connectivity index (χ0) is 18.0. The van der Waals surface area contributed by atoms with Crippen molar-refractivity contribution in [1.82, 2.24) is 20.0 Å². The van der Waals surface area contributed by atoms with Crippen molar-refractivity contribution < 1.29 is 9.18 Å². The van der Waals surface area contributed by atoms with E-state index in [9.17, 15) is 9.18 Å². The van der Waals surface area contributed by atoms with Crippen LogP contribution in [-0.2, 0) is 18.4 Å². The van der Waals surface area contributed by atoms with Crippen molar-refractivity contribution in [1.29, 1.82) is 0 Å². The molecule has 2 aromatic rings. The number of carbonyl (C=O) groups is 1. The Morgan fingerprint density at radius 1 is 1.40 bits per heavy atom. The lowest BCUT2D eigenvalue weighted by Gasteiger charge is -2.29. The van der Waals surface area contributed by atoms with E-state index in [-0.39, 0.29) is 17.8 Å². The molecule has 1 unspecified atom stereocenters. The van der Waals surface area contributed by atoms with Gasteiger partial charge in [-0.2, -0.15) is 5.10 Å². The molecular weight excluding hydrogens is 319 g/mol. The van der Waals surface area contributed by atoms with Crippen LogP contribution in [0.1, 0.15) is 32.3 Å². The molecule has 2 heterocycles. The van der Waals surface area contributed by atoms with Gasteiger partial charge >= 0.3 is 0 Å². The molecule has 134 valence electrons. The molecule has 1 atom stereocenters. The van der Waals surface area contributed by atoms with Crippen LogP contribution in [0.25, 0.3) is 11.3 Å². The quantitative estimate of drug-likeness (QED) is 0.877. The van der Waals surface area contributed by atoms with E-state index >= 15 is 0 Å². The maximum Gasteiger partial charge on any atom is 0.220 e. The highest BCUT2D eigenvalue weighted by atomic mass is 19.1. The van der Waals surface area contributed by atoms with Crippen molar-refractivity contribution in [3.05, 3.63) is 41.8 Å². The highest BCUT2D eigenvalue weighted by Gasteiger charge is 2.25. The smallest absolute Gasteiger partial charge is 0.220 e. The van der Waals surface area contributed by atoms with Crippen molar-refractivity contribution in [3.8, 4) is 11.3 Å². The van der Waals surface area contributed by atoms with E-state index in [1.54, 1.807) is 16.8 Å². The molecule has 3 rings (SSSR count). The Bertz CT molecular complexity index is 756. The molecular formula is C19H25FN4O. The predicted molar refractivity (Wildman–Crippen MR) is 95.3 cm³/mol. The van der Waals surface area contributed by atoms with Crippen LogP contribution >= 0.6 is 0 Å². The maximum absolute atomic E-state index is 14.2. The summed E-state index contributed by atoms with van der Waals surface area (Å²) in [5, 5.41) is 7.50. The Morgan fingerprint density at radius 3 is 2.80 bits per heavy atom. The van der Waals surface area contributed by atoms with Crippen LogP contribution in [-0.4, -0.2) is 39.2 Å². The first-order chi connectivity index (χ1) is 11.9. The number of rotatable bonds is 6. The molecule has 6 heteroatoms. The van der Waals surface area contributed by atoms with Crippen LogP contribution in [0.2, 0.25) is 0 Å². The Labute approximate surface area is 147 Å². The topological polar surface area (TPSA) is 50.2 Å². The number of halogens is 1. The van der Waals surface area contributed by atoms with Gasteiger partial charge in [-0.3, -0.25) is 14.4 Å². The third kappa shape index (κ3) is 4.07. The number of aromatic nitrogens is 2. The van der Waals surface area contributed by atoms with Crippen LogP contribution in [0.3, 0.4) is 0 Å². The number of aryl methyl sites for hydroxylation is 1. The van der Waals surface area contributed by atoms with Crippen LogP contribution in [0, 0.1) is 5.82 Å². The zero-order valence-electron chi connectivity index (χ0n) is 15.0. The fourth-order valence-electron chi connectivity index (χ4n) is 3.31. The fourth-order valence-corrected chi connectivity index (χ4v) is 3.31. The minimum Gasteiger partial charge on any atom is -0.352 e. The van der Waals surface area contributed by atoms with Gasteiger partial charge in [0, 0.05) is 56.0 Å². The van der Waals surface area contributed by atoms with E-state index in [0.717, 1.165) is 18.5 Å². The van der Waals surface area contributed by atoms with Gasteiger partial charge in [0.05, 0.1) is 5.69 Å². The van der Waals surface area contributed by atoms with Gasteiger partial charge < -0.3 is 5.32 Å². The Kier molecular flexibility index (Phi) is 5.18. The highest BCUT2D eigenvalue weighted by molar-refractivity contribution is 5.78. The maximum atomic E-state index is 14.2. The summed E-state index contributed by atoms with van der Waals surface area (Å²) < 4.78 is 15.9. The van der Waals surface area contributed by atoms with Crippen molar-refractivity contribution in [2.45, 2.75) is 45.3 Å². The Balaban J connectivity index is 1.83. The van der Waals surface area contributed by atoms with Gasteiger partial charge in [-0.05, 0) is 32.4 Å². The molecule has 0 bridgehead atoms. The van der Waals surface area contributed by atoms with Crippen LogP contribution in [0.4, 0.5) is 4.39 Å². The van der Waals surface area contributed by atoms with Gasteiger partial charge in [0.1, 0.15) is 5.82 Å². The molecule has 1 amide bonds. The number of carbonyl (C=O) groups excluding carboxylic acids is 1. The first-order valence-electron chi connectivity index (χ1n) is 8.75. The van der Waals surface area contributed by atoms with Crippen molar-refractivity contribution >= 4 is 5.91 Å². The van der Waals surface area contributed by atoms with Gasteiger partial charge in [0.25, 0.3) is 0 Å². The molecule has 1 saturated heterocycles. The van der Waals surface area contributed by atoms with Gasteiger partial charge in [-0.25, -0.2) is 4.39 Å². The van der Waals surface area contributed by atoms with E-state index in [2.05, 4.69) is 29.2 Å². The summed E-state index contributed by atoms with van der Waals surface area (Å²) in [6.07, 6.45) is 3.42. The van der Waals surface area contributed by atoms with Gasteiger partial charge in [-0.15, -0.1) is 0 Å². The SMILES string of the molecule is CC(C)N(Cc1cn(C)nc1-c1ccccc1F)CC1CCC(=O)N1. The average Bonchev–Trinajstić information content (AvgIpc) is 3.13. The third-order valence-corrected chi connectivity index (χ3v) is 4.68. The van der Waals surface area contributed by atoms with Crippen LogP contribution in [0.15, 0.2) is 30.5 Å². The molecule has 1 aromatic heterocycles. The molecule has 0 saturated carbocycles. The van der Waals surface area contributed by atoms with E-state index in [1.165, 1.54) is 6.07 Å². The molecule has 1 fully saturated rings. The first-order valence-corrected chi connectivity index (χ1v) is 8.75. The molecule has 25 heavy (non-hydrogen) atoms. The zero-order valence-corrected chi connectivity index (χ0v) is 15.0. The second-order valence-electron chi connectivity index (χ2n) is 6.98. The highest BCUT2D eigenvalue weighted by Crippen LogP contribution is 2.26. The average molecular weight is 344 g/mol. The normalized spacial score (nSPS) is 17.5. The second-order valence-corrected chi connectivity index (χ2v) is 6.98. The van der Waals surface area contributed by atoms with Gasteiger partial charge in [0.15, 0.2) is 0 Å². The third-order valence-electron chi connectivity index (χ3n) is 4.68. The number of benzene rings is 1. The van der Waals surface area contributed by atoms with E-state index in [4.69, 9.17) is 0 Å². The summed E-state index contributed by atoms with van der Waals surface area (Å²) in [5.74, 6) is -0.135. The lowest BCUT2D eigenvalue weighted by atomic mass is 10.1. The number of nitrogens with zero attached hydrogens (tertiary/aromatic N) is 3. The number of amides is 1. The Hall–Kier alpha value is -2.21. The first kappa shape index (κ1) is 17.6. The molecule has 1 aromatic carbocycles. The lowest BCUT2D eigenvalue weighted by Crippen LogP contribution is -2.41. The second kappa shape index (κ2) is 7.35. The molecule has 1 N–H and O–H groups in total. The van der Waals surface area contributed by atoms with Crippen molar-refractivity contribution in [2.75, 3.05) is 6.54 Å². The van der Waals surface area contributed by atoms with Crippen molar-refractivity contribution in [3.63, 3.8) is 0 Å². The van der Waals surface area contributed by atoms with Crippen molar-refractivity contribution in [2.24, 2.45) is 7.05 Å². The van der Waals surface area contributed by atoms with Crippen LogP contribution in [0.5, 0.6) is 0 Å².